The fraction of sp³-hybridized carbons (Fsp3) is 0.571. The van der Waals surface area contributed by atoms with Crippen molar-refractivity contribution in [3.63, 3.8) is 0 Å². The van der Waals surface area contributed by atoms with Crippen molar-refractivity contribution in [2.75, 3.05) is 0 Å². The van der Waals surface area contributed by atoms with Crippen LogP contribution in [0, 0.1) is 12.3 Å². The number of carbonyl (C=O) groups excluding carboxylic acids is 1. The van der Waals surface area contributed by atoms with Crippen molar-refractivity contribution in [2.24, 2.45) is 0 Å². The standard InChI is InChI=1S/C7H9IO/c1-2-3-4-5-6-7(8)9/h1H,3-6H2. The van der Waals surface area contributed by atoms with Gasteiger partial charge in [0, 0.05) is 12.8 Å². The Labute approximate surface area is 69.4 Å². The van der Waals surface area contributed by atoms with E-state index in [4.69, 9.17) is 6.42 Å². The third kappa shape index (κ3) is 7.96. The zero-order valence-electron chi connectivity index (χ0n) is 5.19. The predicted molar refractivity (Wildman–Crippen MR) is 46.3 cm³/mol. The summed E-state index contributed by atoms with van der Waals surface area (Å²) < 4.78 is 0.227. The van der Waals surface area contributed by atoms with E-state index in [9.17, 15) is 4.79 Å². The minimum atomic E-state index is 0.227. The van der Waals surface area contributed by atoms with Crippen LogP contribution in [0.4, 0.5) is 0 Å². The molecule has 0 aliphatic carbocycles. The summed E-state index contributed by atoms with van der Waals surface area (Å²) in [5.74, 6) is 2.53. The molecule has 0 saturated carbocycles. The van der Waals surface area contributed by atoms with Gasteiger partial charge in [-0.25, -0.2) is 0 Å². The van der Waals surface area contributed by atoms with Gasteiger partial charge in [0.1, 0.15) is 0 Å². The predicted octanol–water partition coefficient (Wildman–Crippen LogP) is 2.14. The number of terminal acetylenes is 1. The van der Waals surface area contributed by atoms with Crippen LogP contribution < -0.4 is 0 Å². The van der Waals surface area contributed by atoms with E-state index >= 15 is 0 Å². The van der Waals surface area contributed by atoms with Crippen LogP contribution in [-0.2, 0) is 4.79 Å². The summed E-state index contributed by atoms with van der Waals surface area (Å²) in [5, 5.41) is 0. The van der Waals surface area contributed by atoms with Gasteiger partial charge in [-0.1, -0.05) is 0 Å². The molecule has 0 rings (SSSR count). The molecule has 50 valence electrons. The molecule has 0 N–H and O–H groups in total. The first-order chi connectivity index (χ1) is 4.27. The molecule has 1 nitrogen and oxygen atoms in total. The zero-order valence-corrected chi connectivity index (χ0v) is 7.35. The average Bonchev–Trinajstić information content (AvgIpc) is 1.80. The van der Waals surface area contributed by atoms with E-state index in [0.29, 0.717) is 6.42 Å². The van der Waals surface area contributed by atoms with Crippen LogP contribution in [-0.4, -0.2) is 3.79 Å². The van der Waals surface area contributed by atoms with Crippen molar-refractivity contribution < 1.29 is 4.79 Å². The molecule has 0 bridgehead atoms. The average molecular weight is 236 g/mol. The van der Waals surface area contributed by atoms with Crippen molar-refractivity contribution in [1.82, 2.24) is 0 Å². The van der Waals surface area contributed by atoms with Gasteiger partial charge in [-0.3, -0.25) is 4.79 Å². The van der Waals surface area contributed by atoms with E-state index in [1.807, 2.05) is 0 Å². The fourth-order valence-corrected chi connectivity index (χ4v) is 0.872. The second-order valence-electron chi connectivity index (χ2n) is 1.77. The fourth-order valence-electron chi connectivity index (χ4n) is 0.491. The summed E-state index contributed by atoms with van der Waals surface area (Å²) in [4.78, 5) is 10.3. The topological polar surface area (TPSA) is 17.1 Å². The largest absolute Gasteiger partial charge is 0.288 e. The van der Waals surface area contributed by atoms with Gasteiger partial charge in [-0.2, -0.15) is 0 Å². The van der Waals surface area contributed by atoms with Crippen molar-refractivity contribution >= 4 is 26.4 Å². The molecule has 0 heterocycles. The lowest BCUT2D eigenvalue weighted by molar-refractivity contribution is -0.109. The number of carbonyl (C=O) groups is 1. The summed E-state index contributed by atoms with van der Waals surface area (Å²) in [6.45, 7) is 0. The molecule has 0 aromatic heterocycles. The van der Waals surface area contributed by atoms with Crippen LogP contribution >= 0.6 is 22.6 Å². The zero-order chi connectivity index (χ0) is 7.11. The maximum Gasteiger partial charge on any atom is 0.192 e. The lowest BCUT2D eigenvalue weighted by atomic mass is 10.2. The number of hydrogen-bond acceptors (Lipinski definition) is 1. The molecule has 0 aliphatic heterocycles. The number of unbranched alkanes of at least 4 members (excludes halogenated alkanes) is 2. The Bertz CT molecular complexity index is 123. The first kappa shape index (κ1) is 8.96. The van der Waals surface area contributed by atoms with Gasteiger partial charge in [-0.15, -0.1) is 12.3 Å². The summed E-state index contributed by atoms with van der Waals surface area (Å²) in [6.07, 6.45) is 8.39. The van der Waals surface area contributed by atoms with Crippen LogP contribution in [0.1, 0.15) is 25.7 Å². The van der Waals surface area contributed by atoms with Gasteiger partial charge in [-0.05, 0) is 35.4 Å². The summed E-state index contributed by atoms with van der Waals surface area (Å²) in [6, 6.07) is 0. The van der Waals surface area contributed by atoms with E-state index in [-0.39, 0.29) is 3.79 Å². The lowest BCUT2D eigenvalue weighted by Crippen LogP contribution is -1.83. The molecule has 0 unspecified atom stereocenters. The summed E-state index contributed by atoms with van der Waals surface area (Å²) in [7, 11) is 0. The highest BCUT2D eigenvalue weighted by molar-refractivity contribution is 14.1. The minimum Gasteiger partial charge on any atom is -0.288 e. The third-order valence-electron chi connectivity index (χ3n) is 0.944. The second-order valence-corrected chi connectivity index (χ2v) is 2.97. The van der Waals surface area contributed by atoms with Gasteiger partial charge < -0.3 is 0 Å². The van der Waals surface area contributed by atoms with Crippen molar-refractivity contribution in [2.45, 2.75) is 25.7 Å². The highest BCUT2D eigenvalue weighted by Crippen LogP contribution is 2.02. The molecule has 2 heteroatoms. The van der Waals surface area contributed by atoms with Gasteiger partial charge in [0.25, 0.3) is 0 Å². The van der Waals surface area contributed by atoms with Gasteiger partial charge in [0.2, 0.25) is 0 Å². The molecule has 0 atom stereocenters. The Morgan fingerprint density at radius 2 is 2.22 bits per heavy atom. The molecule has 0 aliphatic rings. The molecule has 0 saturated heterocycles. The maximum absolute atomic E-state index is 10.3. The van der Waals surface area contributed by atoms with Crippen LogP contribution in [0.3, 0.4) is 0 Å². The highest BCUT2D eigenvalue weighted by atomic mass is 127. The number of halogens is 1. The monoisotopic (exact) mass is 236 g/mol. The van der Waals surface area contributed by atoms with E-state index in [1.165, 1.54) is 0 Å². The van der Waals surface area contributed by atoms with Gasteiger partial charge in [0.15, 0.2) is 3.79 Å². The maximum atomic E-state index is 10.3. The van der Waals surface area contributed by atoms with E-state index < -0.39 is 0 Å². The van der Waals surface area contributed by atoms with Crippen molar-refractivity contribution in [3.05, 3.63) is 0 Å². The molecule has 0 fully saturated rings. The Kier molecular flexibility index (Phi) is 6.06. The Hall–Kier alpha value is -0.0400. The van der Waals surface area contributed by atoms with Gasteiger partial charge in [0.05, 0.1) is 0 Å². The smallest absolute Gasteiger partial charge is 0.192 e. The first-order valence-electron chi connectivity index (χ1n) is 2.89. The number of hydrogen-bond donors (Lipinski definition) is 0. The molecule has 0 aromatic carbocycles. The van der Waals surface area contributed by atoms with Crippen LogP contribution in [0.25, 0.3) is 0 Å². The SMILES string of the molecule is C#CCCCCC(=O)I. The van der Waals surface area contributed by atoms with Crippen molar-refractivity contribution in [3.8, 4) is 12.3 Å². The molecule has 0 spiro atoms. The molecule has 0 aromatic rings. The van der Waals surface area contributed by atoms with Crippen LogP contribution in [0.15, 0.2) is 0 Å². The van der Waals surface area contributed by atoms with Crippen LogP contribution in [0.5, 0.6) is 0 Å². The van der Waals surface area contributed by atoms with E-state index in [0.717, 1.165) is 19.3 Å². The normalized spacial score (nSPS) is 8.44. The summed E-state index contributed by atoms with van der Waals surface area (Å²) in [5.41, 5.74) is 0. The molecule has 9 heavy (non-hydrogen) atoms. The van der Waals surface area contributed by atoms with Crippen molar-refractivity contribution in [1.29, 1.82) is 0 Å². The Balaban J connectivity index is 2.94. The van der Waals surface area contributed by atoms with Crippen LogP contribution in [0.2, 0.25) is 0 Å². The third-order valence-corrected chi connectivity index (χ3v) is 1.48. The Morgan fingerprint density at radius 1 is 1.56 bits per heavy atom. The number of rotatable bonds is 4. The molecule has 0 amide bonds. The highest BCUT2D eigenvalue weighted by Gasteiger charge is 1.92. The molecular weight excluding hydrogens is 227 g/mol. The van der Waals surface area contributed by atoms with E-state index in [2.05, 4.69) is 5.92 Å². The summed E-state index contributed by atoms with van der Waals surface area (Å²) >= 11 is 1.80. The quantitative estimate of drug-likeness (QED) is 0.316. The molecule has 0 radical (unpaired) electrons. The Morgan fingerprint density at radius 3 is 2.67 bits per heavy atom. The second kappa shape index (κ2) is 6.09. The lowest BCUT2D eigenvalue weighted by Gasteiger charge is -1.89. The van der Waals surface area contributed by atoms with E-state index in [1.54, 1.807) is 22.6 Å². The first-order valence-corrected chi connectivity index (χ1v) is 3.97. The molecular formula is C7H9IO. The van der Waals surface area contributed by atoms with Gasteiger partial charge >= 0.3 is 0 Å². The minimum absolute atomic E-state index is 0.227.